The molecule has 0 saturated heterocycles. The Labute approximate surface area is 326 Å². The molecule has 0 aliphatic rings. The lowest BCUT2D eigenvalue weighted by atomic mass is 9.92. The van der Waals surface area contributed by atoms with Crippen LogP contribution in [0.2, 0.25) is 0 Å². The fraction of sp³-hybridized carbons (Fsp3) is 0. The maximum Gasteiger partial charge on any atom is 0.160 e. The van der Waals surface area contributed by atoms with Gasteiger partial charge in [-0.15, -0.1) is 0 Å². The first-order valence-corrected chi connectivity index (χ1v) is 18.9. The Kier molecular flexibility index (Phi) is 8.51. The predicted octanol–water partition coefficient (Wildman–Crippen LogP) is 13.8. The zero-order valence-corrected chi connectivity index (χ0v) is 30.5. The molecule has 10 aromatic rings. The van der Waals surface area contributed by atoms with E-state index in [9.17, 15) is 0 Å². The molecule has 8 aromatic carbocycles. The van der Waals surface area contributed by atoms with E-state index in [1.165, 1.54) is 27.6 Å². The summed E-state index contributed by atoms with van der Waals surface area (Å²) in [4.78, 5) is 15.4. The lowest BCUT2D eigenvalue weighted by molar-refractivity contribution is 1.18. The van der Waals surface area contributed by atoms with Gasteiger partial charge in [-0.25, -0.2) is 15.0 Å². The summed E-state index contributed by atoms with van der Waals surface area (Å²) in [6.07, 6.45) is 0. The van der Waals surface area contributed by atoms with E-state index in [0.29, 0.717) is 5.82 Å². The summed E-state index contributed by atoms with van der Waals surface area (Å²) < 4.78 is 0. The van der Waals surface area contributed by atoms with Crippen LogP contribution < -0.4 is 0 Å². The molecule has 3 nitrogen and oxygen atoms in total. The molecule has 0 aliphatic heterocycles. The topological polar surface area (TPSA) is 38.7 Å². The Morgan fingerprint density at radius 2 is 0.732 bits per heavy atom. The van der Waals surface area contributed by atoms with Gasteiger partial charge < -0.3 is 0 Å². The van der Waals surface area contributed by atoms with Crippen LogP contribution in [0.25, 0.3) is 100 Å². The summed E-state index contributed by atoms with van der Waals surface area (Å²) in [6, 6.07) is 74.5. The van der Waals surface area contributed by atoms with Gasteiger partial charge in [0.15, 0.2) is 5.82 Å². The van der Waals surface area contributed by atoms with E-state index >= 15 is 0 Å². The highest BCUT2D eigenvalue weighted by Crippen LogP contribution is 2.39. The Balaban J connectivity index is 1.03. The molecule has 10 rings (SSSR count). The second-order valence-electron chi connectivity index (χ2n) is 14.0. The molecule has 0 radical (unpaired) electrons. The van der Waals surface area contributed by atoms with Crippen molar-refractivity contribution in [3.8, 4) is 78.5 Å². The molecular weight excluding hydrogens is 679 g/mol. The van der Waals surface area contributed by atoms with E-state index in [2.05, 4.69) is 188 Å². The van der Waals surface area contributed by atoms with Gasteiger partial charge in [-0.3, -0.25) is 0 Å². The molecule has 56 heavy (non-hydrogen) atoms. The minimum atomic E-state index is 0.701. The minimum Gasteiger partial charge on any atom is -0.247 e. The molecule has 0 spiro atoms. The molecule has 262 valence electrons. The number of benzene rings is 8. The van der Waals surface area contributed by atoms with Crippen molar-refractivity contribution in [2.75, 3.05) is 0 Å². The number of hydrogen-bond donors (Lipinski definition) is 0. The van der Waals surface area contributed by atoms with Crippen molar-refractivity contribution in [3.05, 3.63) is 212 Å². The predicted molar refractivity (Wildman–Crippen MR) is 233 cm³/mol. The van der Waals surface area contributed by atoms with Crippen molar-refractivity contribution in [1.29, 1.82) is 0 Å². The quantitative estimate of drug-likeness (QED) is 0.154. The van der Waals surface area contributed by atoms with Gasteiger partial charge in [0.05, 0.1) is 22.6 Å². The molecule has 0 saturated carbocycles. The number of para-hydroxylation sites is 1. The van der Waals surface area contributed by atoms with Gasteiger partial charge in [-0.2, -0.15) is 0 Å². The van der Waals surface area contributed by atoms with Gasteiger partial charge in [0.25, 0.3) is 0 Å². The molecule has 3 heteroatoms. The zero-order chi connectivity index (χ0) is 37.3. The van der Waals surface area contributed by atoms with Crippen molar-refractivity contribution in [2.24, 2.45) is 0 Å². The third kappa shape index (κ3) is 6.31. The smallest absolute Gasteiger partial charge is 0.160 e. The van der Waals surface area contributed by atoms with Gasteiger partial charge in [-0.05, 0) is 51.6 Å². The fourth-order valence-corrected chi connectivity index (χ4v) is 7.68. The van der Waals surface area contributed by atoms with Crippen molar-refractivity contribution in [3.63, 3.8) is 0 Å². The zero-order valence-electron chi connectivity index (χ0n) is 30.5. The summed E-state index contributed by atoms with van der Waals surface area (Å²) >= 11 is 0. The van der Waals surface area contributed by atoms with E-state index in [0.717, 1.165) is 66.8 Å². The third-order valence-corrected chi connectivity index (χ3v) is 10.5. The molecule has 2 aromatic heterocycles. The summed E-state index contributed by atoms with van der Waals surface area (Å²) in [7, 11) is 0. The normalized spacial score (nSPS) is 11.2. The molecule has 0 atom stereocenters. The number of aromatic nitrogens is 3. The summed E-state index contributed by atoms with van der Waals surface area (Å²) in [5.74, 6) is 0.701. The average molecular weight is 714 g/mol. The third-order valence-electron chi connectivity index (χ3n) is 10.5. The molecule has 0 N–H and O–H groups in total. The van der Waals surface area contributed by atoms with Crippen LogP contribution >= 0.6 is 0 Å². The lowest BCUT2D eigenvalue weighted by Gasteiger charge is -2.15. The van der Waals surface area contributed by atoms with Crippen LogP contribution in [0.5, 0.6) is 0 Å². The summed E-state index contributed by atoms with van der Waals surface area (Å²) in [5.41, 5.74) is 14.9. The minimum absolute atomic E-state index is 0.701. The molecule has 0 amide bonds. The Hall–Kier alpha value is -7.49. The van der Waals surface area contributed by atoms with Gasteiger partial charge in [0, 0.05) is 38.4 Å². The van der Waals surface area contributed by atoms with Gasteiger partial charge in [-0.1, -0.05) is 194 Å². The first-order valence-electron chi connectivity index (χ1n) is 18.9. The van der Waals surface area contributed by atoms with Crippen molar-refractivity contribution in [2.45, 2.75) is 0 Å². The number of nitrogens with zero attached hydrogens (tertiary/aromatic N) is 3. The van der Waals surface area contributed by atoms with E-state index in [4.69, 9.17) is 15.0 Å². The fourth-order valence-electron chi connectivity index (χ4n) is 7.68. The number of pyridine rings is 1. The SMILES string of the molecule is c1ccc(-c2ccc(-c3cc(-c4ccc(-c5cccc(-c6nc7ccccc7c7c(-c8ccccc8)cccc67)c5)cc4)nc(-c4ccccc4)n3)cc2)cc1. The van der Waals surface area contributed by atoms with Gasteiger partial charge >= 0.3 is 0 Å². The first-order chi connectivity index (χ1) is 27.7. The van der Waals surface area contributed by atoms with E-state index in [1.54, 1.807) is 0 Å². The Morgan fingerprint density at radius 1 is 0.268 bits per heavy atom. The number of fused-ring (bicyclic) bond motifs is 3. The first kappa shape index (κ1) is 33.1. The highest BCUT2D eigenvalue weighted by molar-refractivity contribution is 6.17. The van der Waals surface area contributed by atoms with E-state index < -0.39 is 0 Å². The second-order valence-corrected chi connectivity index (χ2v) is 14.0. The molecular formula is C53H35N3. The maximum atomic E-state index is 5.27. The molecule has 0 fully saturated rings. The van der Waals surface area contributed by atoms with Crippen LogP contribution in [-0.4, -0.2) is 15.0 Å². The monoisotopic (exact) mass is 713 g/mol. The van der Waals surface area contributed by atoms with Crippen LogP contribution in [0, 0.1) is 0 Å². The van der Waals surface area contributed by atoms with Crippen LogP contribution in [-0.2, 0) is 0 Å². The maximum absolute atomic E-state index is 5.27. The van der Waals surface area contributed by atoms with Crippen LogP contribution in [0.1, 0.15) is 0 Å². The number of rotatable bonds is 7. The van der Waals surface area contributed by atoms with Crippen LogP contribution in [0.4, 0.5) is 0 Å². The van der Waals surface area contributed by atoms with E-state index in [-0.39, 0.29) is 0 Å². The molecule has 0 bridgehead atoms. The van der Waals surface area contributed by atoms with E-state index in [1.807, 2.05) is 24.3 Å². The van der Waals surface area contributed by atoms with Crippen LogP contribution in [0.3, 0.4) is 0 Å². The molecule has 0 unspecified atom stereocenters. The lowest BCUT2D eigenvalue weighted by Crippen LogP contribution is -1.96. The highest BCUT2D eigenvalue weighted by atomic mass is 14.9. The number of hydrogen-bond acceptors (Lipinski definition) is 3. The molecule has 0 aliphatic carbocycles. The highest BCUT2D eigenvalue weighted by Gasteiger charge is 2.16. The summed E-state index contributed by atoms with van der Waals surface area (Å²) in [5, 5.41) is 3.52. The largest absolute Gasteiger partial charge is 0.247 e. The van der Waals surface area contributed by atoms with Gasteiger partial charge in [0.2, 0.25) is 0 Å². The van der Waals surface area contributed by atoms with Gasteiger partial charge in [0.1, 0.15) is 0 Å². The Morgan fingerprint density at radius 3 is 1.39 bits per heavy atom. The Bertz CT molecular complexity index is 2980. The summed E-state index contributed by atoms with van der Waals surface area (Å²) in [6.45, 7) is 0. The van der Waals surface area contributed by atoms with Crippen molar-refractivity contribution < 1.29 is 0 Å². The van der Waals surface area contributed by atoms with Crippen LogP contribution in [0.15, 0.2) is 212 Å². The van der Waals surface area contributed by atoms with Crippen molar-refractivity contribution in [1.82, 2.24) is 15.0 Å². The van der Waals surface area contributed by atoms with Crippen molar-refractivity contribution >= 4 is 21.7 Å². The second kappa shape index (κ2) is 14.4. The average Bonchev–Trinajstić information content (AvgIpc) is 3.29. The molecule has 2 heterocycles. The standard InChI is InChI=1S/C53H35N3/c1-4-14-36(15-5-1)37-26-30-40(31-27-37)49-35-50(56-53(55-49)42-18-8-3-9-19-42)41-32-28-38(29-33-41)43-20-12-21-44(34-43)52-47-24-13-23-45(39-16-6-2-7-17-39)51(47)46-22-10-11-25-48(46)54-52/h1-35H.